The molecule has 0 spiro atoms. The Morgan fingerprint density at radius 3 is 2.45 bits per heavy atom. The third kappa shape index (κ3) is 5.45. The molecule has 2 aromatic rings. The van der Waals surface area contributed by atoms with E-state index in [4.69, 9.17) is 16.7 Å². The Hall–Kier alpha value is -2.69. The van der Waals surface area contributed by atoms with Gasteiger partial charge in [0, 0.05) is 17.6 Å². The van der Waals surface area contributed by atoms with Crippen LogP contribution in [0.3, 0.4) is 0 Å². The molecule has 2 N–H and O–H groups in total. The first-order valence-corrected chi connectivity index (χ1v) is 12.3. The van der Waals surface area contributed by atoms with Crippen LogP contribution in [0.5, 0.6) is 0 Å². The average Bonchev–Trinajstić information content (AvgIpc) is 3.09. The van der Waals surface area contributed by atoms with Gasteiger partial charge in [-0.2, -0.15) is 4.72 Å². The van der Waals surface area contributed by atoms with Gasteiger partial charge in [-0.1, -0.05) is 23.7 Å². The second-order valence-corrected chi connectivity index (χ2v) is 10.4. The number of carboxylic acids is 1. The second kappa shape index (κ2) is 9.66. The smallest absolute Gasteiger partial charge is 0.323 e. The maximum absolute atomic E-state index is 12.9. The summed E-state index contributed by atoms with van der Waals surface area (Å²) in [5.74, 6) is -2.18. The van der Waals surface area contributed by atoms with Gasteiger partial charge in [-0.3, -0.25) is 14.4 Å². The van der Waals surface area contributed by atoms with E-state index in [1.807, 2.05) is 0 Å². The minimum Gasteiger partial charge on any atom is -0.480 e. The standard InChI is InChI=1S/C22H26ClN3O6S/c1-13(2)26(12-20(27)28)21(29)14(3)25-9-8-19(22(25)30)24-33(31,32)18-7-5-15-10-17(23)6-4-16(15)11-18/h4-7,10-11,13-14,19,24H,8-9,12H2,1-3H3,(H,27,28). The van der Waals surface area contributed by atoms with E-state index in [-0.39, 0.29) is 23.9 Å². The summed E-state index contributed by atoms with van der Waals surface area (Å²) in [7, 11) is -4.00. The number of rotatable bonds is 8. The Balaban J connectivity index is 1.74. The maximum atomic E-state index is 12.9. The van der Waals surface area contributed by atoms with E-state index in [9.17, 15) is 22.8 Å². The molecule has 2 atom stereocenters. The average molecular weight is 496 g/mol. The summed E-state index contributed by atoms with van der Waals surface area (Å²) in [6.45, 7) is 4.59. The predicted molar refractivity (Wildman–Crippen MR) is 123 cm³/mol. The van der Waals surface area contributed by atoms with Gasteiger partial charge in [-0.05, 0) is 62.2 Å². The van der Waals surface area contributed by atoms with E-state index in [2.05, 4.69) is 4.72 Å². The molecule has 1 fully saturated rings. The highest BCUT2D eigenvalue weighted by Crippen LogP contribution is 2.24. The van der Waals surface area contributed by atoms with Crippen molar-refractivity contribution in [2.75, 3.05) is 13.1 Å². The highest BCUT2D eigenvalue weighted by molar-refractivity contribution is 7.89. The summed E-state index contributed by atoms with van der Waals surface area (Å²) in [5.41, 5.74) is 0. The van der Waals surface area contributed by atoms with E-state index < -0.39 is 46.4 Å². The van der Waals surface area contributed by atoms with Crippen molar-refractivity contribution in [3.63, 3.8) is 0 Å². The summed E-state index contributed by atoms with van der Waals surface area (Å²) >= 11 is 5.97. The number of sulfonamides is 1. The molecule has 2 amide bonds. The number of carbonyl (C=O) groups is 3. The molecule has 1 saturated heterocycles. The van der Waals surface area contributed by atoms with Crippen LogP contribution in [-0.4, -0.2) is 72.3 Å². The Morgan fingerprint density at radius 1 is 1.18 bits per heavy atom. The number of amides is 2. The fourth-order valence-electron chi connectivity index (χ4n) is 3.85. The van der Waals surface area contributed by atoms with Gasteiger partial charge in [0.15, 0.2) is 0 Å². The van der Waals surface area contributed by atoms with Crippen LogP contribution < -0.4 is 4.72 Å². The molecule has 9 nitrogen and oxygen atoms in total. The van der Waals surface area contributed by atoms with Crippen LogP contribution in [0, 0.1) is 0 Å². The van der Waals surface area contributed by atoms with Crippen LogP contribution in [0.25, 0.3) is 10.8 Å². The van der Waals surface area contributed by atoms with Crippen LogP contribution >= 0.6 is 11.6 Å². The zero-order valence-corrected chi connectivity index (χ0v) is 20.1. The number of hydrogen-bond acceptors (Lipinski definition) is 5. The molecular weight excluding hydrogens is 470 g/mol. The number of benzene rings is 2. The van der Waals surface area contributed by atoms with E-state index in [0.29, 0.717) is 10.4 Å². The number of carboxylic acid groups (broad SMARTS) is 1. The number of nitrogens with one attached hydrogen (secondary N) is 1. The summed E-state index contributed by atoms with van der Waals surface area (Å²) < 4.78 is 28.3. The number of nitrogens with zero attached hydrogens (tertiary/aromatic N) is 2. The first-order chi connectivity index (χ1) is 15.4. The van der Waals surface area contributed by atoms with Gasteiger partial charge >= 0.3 is 5.97 Å². The topological polar surface area (TPSA) is 124 Å². The molecule has 0 radical (unpaired) electrons. The van der Waals surface area contributed by atoms with Gasteiger partial charge in [0.25, 0.3) is 0 Å². The number of carbonyl (C=O) groups excluding carboxylic acids is 2. The lowest BCUT2D eigenvalue weighted by Crippen LogP contribution is -2.52. The number of aliphatic carboxylic acids is 1. The molecule has 0 saturated carbocycles. The molecule has 178 valence electrons. The lowest BCUT2D eigenvalue weighted by Gasteiger charge is -2.32. The largest absolute Gasteiger partial charge is 0.480 e. The van der Waals surface area contributed by atoms with Crippen LogP contribution in [0.4, 0.5) is 0 Å². The number of likely N-dealkylation sites (tertiary alicyclic amines) is 1. The third-order valence-electron chi connectivity index (χ3n) is 5.66. The fourth-order valence-corrected chi connectivity index (χ4v) is 5.29. The Bertz CT molecular complexity index is 1200. The first-order valence-electron chi connectivity index (χ1n) is 10.4. The van der Waals surface area contributed by atoms with Crippen LogP contribution in [0.2, 0.25) is 5.02 Å². The third-order valence-corrected chi connectivity index (χ3v) is 7.36. The van der Waals surface area contributed by atoms with Crippen molar-refractivity contribution in [2.24, 2.45) is 0 Å². The van der Waals surface area contributed by atoms with E-state index in [1.54, 1.807) is 38.1 Å². The van der Waals surface area contributed by atoms with Gasteiger partial charge in [-0.25, -0.2) is 8.42 Å². The van der Waals surface area contributed by atoms with Gasteiger partial charge in [0.1, 0.15) is 18.6 Å². The highest BCUT2D eigenvalue weighted by Gasteiger charge is 2.40. The number of hydrogen-bond donors (Lipinski definition) is 2. The molecule has 33 heavy (non-hydrogen) atoms. The fraction of sp³-hybridized carbons (Fsp3) is 0.409. The van der Waals surface area contributed by atoms with Crippen molar-refractivity contribution in [3.8, 4) is 0 Å². The van der Waals surface area contributed by atoms with Crippen LogP contribution in [-0.2, 0) is 24.4 Å². The molecule has 2 aromatic carbocycles. The minimum atomic E-state index is -4.00. The number of fused-ring (bicyclic) bond motifs is 1. The monoisotopic (exact) mass is 495 g/mol. The van der Waals surface area contributed by atoms with E-state index >= 15 is 0 Å². The molecule has 2 unspecified atom stereocenters. The minimum absolute atomic E-state index is 0.0140. The zero-order valence-electron chi connectivity index (χ0n) is 18.5. The van der Waals surface area contributed by atoms with Gasteiger partial charge < -0.3 is 14.9 Å². The molecule has 0 aliphatic carbocycles. The highest BCUT2D eigenvalue weighted by atomic mass is 35.5. The summed E-state index contributed by atoms with van der Waals surface area (Å²) in [4.78, 5) is 39.3. The first kappa shape index (κ1) is 24.9. The van der Waals surface area contributed by atoms with Gasteiger partial charge in [-0.15, -0.1) is 0 Å². The molecule has 1 heterocycles. The molecule has 0 bridgehead atoms. The van der Waals surface area contributed by atoms with Crippen molar-refractivity contribution in [3.05, 3.63) is 41.4 Å². The molecular formula is C22H26ClN3O6S. The van der Waals surface area contributed by atoms with Crippen LogP contribution in [0.1, 0.15) is 27.2 Å². The van der Waals surface area contributed by atoms with Crippen molar-refractivity contribution < 1.29 is 27.9 Å². The normalized spacial score (nSPS) is 17.5. The Labute approximate surface area is 197 Å². The molecule has 11 heteroatoms. The quantitative estimate of drug-likeness (QED) is 0.577. The SMILES string of the molecule is CC(C)N(CC(=O)O)C(=O)C(C)N1CCC(NS(=O)(=O)c2ccc3cc(Cl)ccc3c2)C1=O. The van der Waals surface area contributed by atoms with Crippen LogP contribution in [0.15, 0.2) is 41.3 Å². The van der Waals surface area contributed by atoms with Gasteiger partial charge in [0.2, 0.25) is 21.8 Å². The predicted octanol–water partition coefficient (Wildman–Crippen LogP) is 2.08. The van der Waals surface area contributed by atoms with Gasteiger partial charge in [0.05, 0.1) is 4.90 Å². The molecule has 0 aromatic heterocycles. The lowest BCUT2D eigenvalue weighted by molar-refractivity contribution is -0.150. The maximum Gasteiger partial charge on any atom is 0.323 e. The number of halogens is 1. The molecule has 1 aliphatic rings. The van der Waals surface area contributed by atoms with Crippen molar-refractivity contribution >= 4 is 50.2 Å². The molecule has 1 aliphatic heterocycles. The zero-order chi connectivity index (χ0) is 24.5. The summed E-state index contributed by atoms with van der Waals surface area (Å²) in [6, 6.07) is 7.38. The summed E-state index contributed by atoms with van der Waals surface area (Å²) in [6.07, 6.45) is 0.194. The summed E-state index contributed by atoms with van der Waals surface area (Å²) in [5, 5.41) is 11.1. The van der Waals surface area contributed by atoms with Crippen molar-refractivity contribution in [1.29, 1.82) is 0 Å². The Morgan fingerprint density at radius 2 is 1.82 bits per heavy atom. The molecule has 3 rings (SSSR count). The van der Waals surface area contributed by atoms with E-state index in [0.717, 1.165) is 5.39 Å². The Kier molecular flexibility index (Phi) is 7.30. The van der Waals surface area contributed by atoms with Crippen molar-refractivity contribution in [1.82, 2.24) is 14.5 Å². The second-order valence-electron chi connectivity index (χ2n) is 8.28. The lowest BCUT2D eigenvalue weighted by atomic mass is 10.1. The van der Waals surface area contributed by atoms with Crippen molar-refractivity contribution in [2.45, 2.75) is 50.2 Å². The van der Waals surface area contributed by atoms with E-state index in [1.165, 1.54) is 28.9 Å².